The van der Waals surface area contributed by atoms with Gasteiger partial charge in [0, 0.05) is 23.7 Å². The lowest BCUT2D eigenvalue weighted by molar-refractivity contribution is -0.384. The molecule has 1 aliphatic carbocycles. The van der Waals surface area contributed by atoms with Gasteiger partial charge < -0.3 is 4.90 Å². The first kappa shape index (κ1) is 19.3. The summed E-state index contributed by atoms with van der Waals surface area (Å²) in [4.78, 5) is 23.1. The molecule has 3 heterocycles. The van der Waals surface area contributed by atoms with Crippen LogP contribution in [0.15, 0.2) is 72.9 Å². The summed E-state index contributed by atoms with van der Waals surface area (Å²) in [5.74, 6) is 1.06. The zero-order valence-electron chi connectivity index (χ0n) is 17.6. The molecule has 1 saturated carbocycles. The third-order valence-electron chi connectivity index (χ3n) is 5.87. The Morgan fingerprint density at radius 3 is 2.58 bits per heavy atom. The van der Waals surface area contributed by atoms with E-state index in [1.807, 2.05) is 46.9 Å². The van der Waals surface area contributed by atoms with Gasteiger partial charge in [0.15, 0.2) is 11.5 Å². The van der Waals surface area contributed by atoms with Crippen LogP contribution in [0.1, 0.15) is 18.5 Å². The lowest BCUT2D eigenvalue weighted by Gasteiger charge is -2.25. The molecular weight excluding hydrogens is 418 g/mol. The van der Waals surface area contributed by atoms with Crippen molar-refractivity contribution in [3.05, 3.63) is 88.7 Å². The molecule has 1 aliphatic rings. The van der Waals surface area contributed by atoms with Crippen LogP contribution in [0.2, 0.25) is 0 Å². The predicted molar refractivity (Wildman–Crippen MR) is 124 cm³/mol. The lowest BCUT2D eigenvalue weighted by Crippen LogP contribution is -2.29. The molecule has 3 aromatic heterocycles. The van der Waals surface area contributed by atoms with Crippen LogP contribution in [0.3, 0.4) is 0 Å². The Morgan fingerprint density at radius 1 is 1.00 bits per heavy atom. The molecule has 0 spiro atoms. The minimum atomic E-state index is -0.392. The molecule has 0 N–H and O–H groups in total. The molecule has 0 amide bonds. The normalized spacial score (nSPS) is 13.5. The fourth-order valence-electron chi connectivity index (χ4n) is 4.17. The number of aromatic nitrogens is 5. The molecule has 5 aromatic rings. The van der Waals surface area contributed by atoms with Crippen LogP contribution in [0.25, 0.3) is 27.9 Å². The summed E-state index contributed by atoms with van der Waals surface area (Å²) in [6, 6.07) is 20.5. The van der Waals surface area contributed by atoms with Gasteiger partial charge in [-0.3, -0.25) is 15.1 Å². The quantitative estimate of drug-likeness (QED) is 0.286. The molecule has 0 radical (unpaired) electrons. The molecule has 9 heteroatoms. The fraction of sp³-hybridized carbons (Fsp3) is 0.167. The molecule has 0 saturated heterocycles. The van der Waals surface area contributed by atoms with E-state index in [0.29, 0.717) is 35.6 Å². The van der Waals surface area contributed by atoms with Gasteiger partial charge >= 0.3 is 0 Å². The topological polar surface area (TPSA) is 102 Å². The van der Waals surface area contributed by atoms with Gasteiger partial charge in [-0.2, -0.15) is 0 Å². The van der Waals surface area contributed by atoms with Gasteiger partial charge in [0.25, 0.3) is 5.69 Å². The van der Waals surface area contributed by atoms with Crippen molar-refractivity contribution >= 4 is 28.2 Å². The van der Waals surface area contributed by atoms with Crippen molar-refractivity contribution < 1.29 is 4.92 Å². The number of benzene rings is 2. The SMILES string of the molecule is O=[N+]([O-])c1ccccc1-c1nnc2c3ccccc3nc(N(Cc3ccccn3)C3CC3)n12. The largest absolute Gasteiger partial charge is 0.333 e. The van der Waals surface area contributed by atoms with Crippen molar-refractivity contribution in [1.82, 2.24) is 24.6 Å². The smallest absolute Gasteiger partial charge is 0.280 e. The maximum Gasteiger partial charge on any atom is 0.280 e. The van der Waals surface area contributed by atoms with E-state index < -0.39 is 4.92 Å². The number of para-hydroxylation sites is 2. The number of pyridine rings is 1. The molecule has 0 bridgehead atoms. The number of hydrogen-bond acceptors (Lipinski definition) is 7. The summed E-state index contributed by atoms with van der Waals surface area (Å²) in [5, 5.41) is 21.5. The molecule has 0 atom stereocenters. The second-order valence-electron chi connectivity index (χ2n) is 8.07. The summed E-state index contributed by atoms with van der Waals surface area (Å²) in [6.45, 7) is 0.570. The molecule has 33 heavy (non-hydrogen) atoms. The Bertz CT molecular complexity index is 1500. The van der Waals surface area contributed by atoms with E-state index in [4.69, 9.17) is 4.98 Å². The summed E-state index contributed by atoms with van der Waals surface area (Å²) < 4.78 is 1.85. The van der Waals surface area contributed by atoms with Crippen molar-refractivity contribution in [2.45, 2.75) is 25.4 Å². The molecule has 162 valence electrons. The van der Waals surface area contributed by atoms with E-state index in [1.165, 1.54) is 6.07 Å². The average molecular weight is 437 g/mol. The molecule has 9 nitrogen and oxygen atoms in total. The van der Waals surface area contributed by atoms with Crippen molar-refractivity contribution in [1.29, 1.82) is 0 Å². The zero-order valence-corrected chi connectivity index (χ0v) is 17.6. The van der Waals surface area contributed by atoms with Crippen molar-refractivity contribution in [3.63, 3.8) is 0 Å². The van der Waals surface area contributed by atoms with Crippen LogP contribution >= 0.6 is 0 Å². The number of rotatable bonds is 6. The highest BCUT2D eigenvalue weighted by Crippen LogP contribution is 2.37. The third-order valence-corrected chi connectivity index (χ3v) is 5.87. The highest BCUT2D eigenvalue weighted by atomic mass is 16.6. The number of nitrogens with zero attached hydrogens (tertiary/aromatic N) is 7. The van der Waals surface area contributed by atoms with Crippen molar-refractivity contribution in [2.24, 2.45) is 0 Å². The molecule has 1 fully saturated rings. The standard InChI is InChI=1S/C24H19N7O2/c32-31(33)21-11-4-2-9-19(21)23-28-27-22-18-8-1-3-10-20(18)26-24(30(22)23)29(17-12-13-17)15-16-7-5-6-14-25-16/h1-11,14,17H,12-13,15H2. The van der Waals surface area contributed by atoms with Crippen LogP contribution in [-0.2, 0) is 6.54 Å². The van der Waals surface area contributed by atoms with Crippen LogP contribution in [0.5, 0.6) is 0 Å². The van der Waals surface area contributed by atoms with Crippen molar-refractivity contribution in [2.75, 3.05) is 4.90 Å². The Hall–Kier alpha value is -4.40. The second-order valence-corrected chi connectivity index (χ2v) is 8.07. The molecule has 2 aromatic carbocycles. The molecule has 0 unspecified atom stereocenters. The van der Waals surface area contributed by atoms with Crippen LogP contribution in [0.4, 0.5) is 11.6 Å². The van der Waals surface area contributed by atoms with E-state index in [9.17, 15) is 10.1 Å². The number of nitro groups is 1. The van der Waals surface area contributed by atoms with Crippen LogP contribution in [-0.4, -0.2) is 35.5 Å². The number of fused-ring (bicyclic) bond motifs is 3. The van der Waals surface area contributed by atoms with Gasteiger partial charge in [-0.05, 0) is 43.2 Å². The predicted octanol–water partition coefficient (Wildman–Crippen LogP) is 4.42. The highest BCUT2D eigenvalue weighted by Gasteiger charge is 2.33. The van der Waals surface area contributed by atoms with E-state index >= 15 is 0 Å². The van der Waals surface area contributed by atoms with E-state index in [0.717, 1.165) is 29.4 Å². The molecular formula is C24H19N7O2. The van der Waals surface area contributed by atoms with Crippen LogP contribution in [0, 0.1) is 10.1 Å². The third kappa shape index (κ3) is 3.34. The Labute approximate surface area is 188 Å². The second kappa shape index (κ2) is 7.63. The maximum atomic E-state index is 11.8. The van der Waals surface area contributed by atoms with E-state index in [-0.39, 0.29) is 5.69 Å². The number of anilines is 1. The minimum absolute atomic E-state index is 0.0198. The van der Waals surface area contributed by atoms with Crippen molar-refractivity contribution in [3.8, 4) is 11.4 Å². The highest BCUT2D eigenvalue weighted by molar-refractivity contribution is 5.93. The summed E-state index contributed by atoms with van der Waals surface area (Å²) in [7, 11) is 0. The lowest BCUT2D eigenvalue weighted by atomic mass is 10.1. The summed E-state index contributed by atoms with van der Waals surface area (Å²) in [6.07, 6.45) is 3.87. The van der Waals surface area contributed by atoms with Gasteiger partial charge in [0.05, 0.1) is 28.2 Å². The van der Waals surface area contributed by atoms with Gasteiger partial charge in [-0.15, -0.1) is 10.2 Å². The first-order valence-corrected chi connectivity index (χ1v) is 10.7. The summed E-state index contributed by atoms with van der Waals surface area (Å²) in [5.41, 5.74) is 2.73. The van der Waals surface area contributed by atoms with Gasteiger partial charge in [-0.25, -0.2) is 9.38 Å². The van der Waals surface area contributed by atoms with Gasteiger partial charge in [0.2, 0.25) is 5.95 Å². The maximum absolute atomic E-state index is 11.8. The van der Waals surface area contributed by atoms with E-state index in [2.05, 4.69) is 20.1 Å². The van der Waals surface area contributed by atoms with Crippen LogP contribution < -0.4 is 4.90 Å². The Balaban J connectivity index is 1.63. The fourth-order valence-corrected chi connectivity index (χ4v) is 4.17. The van der Waals surface area contributed by atoms with E-state index in [1.54, 1.807) is 24.4 Å². The molecule has 0 aliphatic heterocycles. The first-order valence-electron chi connectivity index (χ1n) is 10.7. The first-order chi connectivity index (χ1) is 16.2. The van der Waals surface area contributed by atoms with Gasteiger partial charge in [-0.1, -0.05) is 30.3 Å². The Kier molecular flexibility index (Phi) is 4.46. The minimum Gasteiger partial charge on any atom is -0.333 e. The van der Waals surface area contributed by atoms with Gasteiger partial charge in [0.1, 0.15) is 0 Å². The monoisotopic (exact) mass is 437 g/mol. The number of hydrogen-bond donors (Lipinski definition) is 0. The Morgan fingerprint density at radius 2 is 1.79 bits per heavy atom. The average Bonchev–Trinajstić information content (AvgIpc) is 3.60. The summed E-state index contributed by atoms with van der Waals surface area (Å²) >= 11 is 0. The number of nitro benzene ring substituents is 1. The molecule has 6 rings (SSSR count). The zero-order chi connectivity index (χ0) is 22.4.